The quantitative estimate of drug-likeness (QED) is 0.432. The molecule has 8 nitrogen and oxygen atoms in total. The molecule has 1 aliphatic rings. The first-order valence-corrected chi connectivity index (χ1v) is 7.01. The maximum Gasteiger partial charge on any atom is 0.315 e. The molecule has 0 aromatic heterocycles. The lowest BCUT2D eigenvalue weighted by molar-refractivity contribution is -0.386. The van der Waals surface area contributed by atoms with E-state index < -0.39 is 22.4 Å². The lowest BCUT2D eigenvalue weighted by Crippen LogP contribution is -2.44. The fourth-order valence-corrected chi connectivity index (χ4v) is 2.76. The van der Waals surface area contributed by atoms with E-state index in [1.165, 1.54) is 26.2 Å². The van der Waals surface area contributed by atoms with Crippen molar-refractivity contribution in [2.24, 2.45) is 0 Å². The summed E-state index contributed by atoms with van der Waals surface area (Å²) in [6.45, 7) is 3.10. The molecule has 0 saturated carbocycles. The Hall–Kier alpha value is -2.68. The number of aromatic hydroxyl groups is 1. The number of phenols is 1. The summed E-state index contributed by atoms with van der Waals surface area (Å²) in [5, 5.41) is 27.0. The fraction of sp³-hybridized carbons (Fsp3) is 0.286. The van der Waals surface area contributed by atoms with Crippen molar-refractivity contribution in [3.05, 3.63) is 39.1 Å². The monoisotopic (exact) mass is 337 g/mol. The molecular weight excluding hydrogens is 322 g/mol. The van der Waals surface area contributed by atoms with E-state index in [0.29, 0.717) is 21.9 Å². The number of carbonyl (C=O) groups is 1. The van der Waals surface area contributed by atoms with Gasteiger partial charge in [0.2, 0.25) is 5.75 Å². The topological polar surface area (TPSA) is 114 Å². The summed E-state index contributed by atoms with van der Waals surface area (Å²) >= 11 is 5.09. The number of nitro groups is 1. The van der Waals surface area contributed by atoms with E-state index in [2.05, 4.69) is 10.6 Å². The standard InChI is InChI=1S/C14H15N3O5S/c1-6-11(7(2)18)12(16-14(23)15-6)8-4-9(17(20)21)13(19)10(5-8)22-3/h4-5,12,19H,1-3H3,(H2,15,16,23). The summed E-state index contributed by atoms with van der Waals surface area (Å²) in [5.74, 6) is -0.825. The molecule has 0 spiro atoms. The molecule has 0 fully saturated rings. The number of carbonyl (C=O) groups excluding carboxylic acids is 1. The van der Waals surface area contributed by atoms with Gasteiger partial charge in [0, 0.05) is 17.3 Å². The lowest BCUT2D eigenvalue weighted by Gasteiger charge is -2.30. The number of allylic oxidation sites excluding steroid dienone is 1. The largest absolute Gasteiger partial charge is 0.500 e. The highest BCUT2D eigenvalue weighted by Gasteiger charge is 2.31. The number of nitrogens with zero attached hydrogens (tertiary/aromatic N) is 1. The zero-order chi connectivity index (χ0) is 17.3. The van der Waals surface area contributed by atoms with Gasteiger partial charge in [-0.1, -0.05) is 0 Å². The van der Waals surface area contributed by atoms with Gasteiger partial charge < -0.3 is 20.5 Å². The number of hydrogen-bond donors (Lipinski definition) is 3. The highest BCUT2D eigenvalue weighted by Crippen LogP contribution is 2.40. The van der Waals surface area contributed by atoms with Crippen LogP contribution >= 0.6 is 12.2 Å². The lowest BCUT2D eigenvalue weighted by atomic mass is 9.92. The molecule has 1 heterocycles. The molecule has 23 heavy (non-hydrogen) atoms. The molecule has 0 saturated heterocycles. The smallest absolute Gasteiger partial charge is 0.315 e. The average molecular weight is 337 g/mol. The van der Waals surface area contributed by atoms with Crippen molar-refractivity contribution < 1.29 is 19.6 Å². The molecule has 3 N–H and O–H groups in total. The Morgan fingerprint density at radius 2 is 2.13 bits per heavy atom. The Morgan fingerprint density at radius 1 is 1.48 bits per heavy atom. The van der Waals surface area contributed by atoms with E-state index in [9.17, 15) is 20.0 Å². The number of methoxy groups -OCH3 is 1. The predicted molar refractivity (Wildman–Crippen MR) is 86.3 cm³/mol. The minimum Gasteiger partial charge on any atom is -0.500 e. The van der Waals surface area contributed by atoms with Crippen molar-refractivity contribution in [3.8, 4) is 11.5 Å². The van der Waals surface area contributed by atoms with Crippen LogP contribution in [0.15, 0.2) is 23.4 Å². The summed E-state index contributed by atoms with van der Waals surface area (Å²) in [6.07, 6.45) is 0. The Balaban J connectivity index is 2.66. The summed E-state index contributed by atoms with van der Waals surface area (Å²) in [4.78, 5) is 22.3. The predicted octanol–water partition coefficient (Wildman–Crippen LogP) is 1.69. The van der Waals surface area contributed by atoms with Crippen molar-refractivity contribution in [1.29, 1.82) is 0 Å². The van der Waals surface area contributed by atoms with Gasteiger partial charge in [0.05, 0.1) is 18.1 Å². The van der Waals surface area contributed by atoms with Crippen molar-refractivity contribution in [2.75, 3.05) is 7.11 Å². The zero-order valence-electron chi connectivity index (χ0n) is 12.7. The normalized spacial score (nSPS) is 17.3. The van der Waals surface area contributed by atoms with E-state index in [1.807, 2.05) is 0 Å². The van der Waals surface area contributed by atoms with Crippen LogP contribution in [0, 0.1) is 10.1 Å². The second kappa shape index (κ2) is 6.21. The van der Waals surface area contributed by atoms with Crippen LogP contribution in [0.1, 0.15) is 25.5 Å². The maximum absolute atomic E-state index is 11.9. The van der Waals surface area contributed by atoms with Crippen LogP contribution in [0.3, 0.4) is 0 Å². The number of phenolic OH excluding ortho intramolecular Hbond substituents is 1. The van der Waals surface area contributed by atoms with E-state index in [-0.39, 0.29) is 11.5 Å². The van der Waals surface area contributed by atoms with E-state index >= 15 is 0 Å². The fourth-order valence-electron chi connectivity index (χ4n) is 2.49. The number of ketones is 1. The zero-order valence-corrected chi connectivity index (χ0v) is 13.5. The van der Waals surface area contributed by atoms with Gasteiger partial charge in [-0.05, 0) is 37.7 Å². The van der Waals surface area contributed by atoms with Crippen LogP contribution in [-0.4, -0.2) is 28.0 Å². The Bertz CT molecular complexity index is 744. The van der Waals surface area contributed by atoms with Gasteiger partial charge in [-0.3, -0.25) is 14.9 Å². The first-order valence-electron chi connectivity index (χ1n) is 6.60. The molecule has 0 radical (unpaired) electrons. The van der Waals surface area contributed by atoms with Crippen molar-refractivity contribution >= 4 is 28.8 Å². The molecule has 1 aromatic carbocycles. The van der Waals surface area contributed by atoms with Crippen LogP contribution in [-0.2, 0) is 4.79 Å². The summed E-state index contributed by atoms with van der Waals surface area (Å²) in [7, 11) is 1.29. The number of nitrogens with one attached hydrogen (secondary N) is 2. The van der Waals surface area contributed by atoms with Gasteiger partial charge in [-0.2, -0.15) is 0 Å². The van der Waals surface area contributed by atoms with Gasteiger partial charge in [0.25, 0.3) is 0 Å². The molecule has 9 heteroatoms. The summed E-state index contributed by atoms with van der Waals surface area (Å²) < 4.78 is 4.98. The Morgan fingerprint density at radius 3 is 2.65 bits per heavy atom. The third-order valence-corrected chi connectivity index (χ3v) is 3.70. The SMILES string of the molecule is COc1cc(C2NC(=S)NC(C)=C2C(C)=O)cc([N+](=O)[O-])c1O. The van der Waals surface area contributed by atoms with Crippen LogP contribution in [0.4, 0.5) is 5.69 Å². The molecule has 1 aliphatic heterocycles. The molecule has 0 bridgehead atoms. The van der Waals surface area contributed by atoms with Crippen LogP contribution < -0.4 is 15.4 Å². The molecule has 1 aromatic rings. The molecule has 122 valence electrons. The second-order valence-electron chi connectivity index (χ2n) is 4.97. The number of thiocarbonyl (C=S) groups is 1. The Kier molecular flexibility index (Phi) is 4.50. The van der Waals surface area contributed by atoms with Crippen LogP contribution in [0.2, 0.25) is 0 Å². The summed E-state index contributed by atoms with van der Waals surface area (Å²) in [5.41, 5.74) is 0.854. The average Bonchev–Trinajstić information content (AvgIpc) is 2.45. The van der Waals surface area contributed by atoms with Gasteiger partial charge >= 0.3 is 5.69 Å². The van der Waals surface area contributed by atoms with Crippen molar-refractivity contribution in [1.82, 2.24) is 10.6 Å². The third kappa shape index (κ3) is 3.09. The highest BCUT2D eigenvalue weighted by atomic mass is 32.1. The Labute approximate surface area is 137 Å². The minimum absolute atomic E-state index is 0.0546. The molecule has 0 amide bonds. The number of rotatable bonds is 4. The summed E-state index contributed by atoms with van der Waals surface area (Å²) in [6, 6.07) is 1.96. The molecular formula is C14H15N3O5S. The van der Waals surface area contributed by atoms with Crippen molar-refractivity contribution in [2.45, 2.75) is 19.9 Å². The molecule has 1 atom stereocenters. The number of benzene rings is 1. The maximum atomic E-state index is 11.9. The van der Waals surface area contributed by atoms with Gasteiger partial charge in [-0.15, -0.1) is 0 Å². The van der Waals surface area contributed by atoms with Gasteiger partial charge in [0.1, 0.15) is 0 Å². The molecule has 0 aliphatic carbocycles. The first-order chi connectivity index (χ1) is 10.8. The number of hydrogen-bond acceptors (Lipinski definition) is 6. The van der Waals surface area contributed by atoms with Gasteiger partial charge in [0.15, 0.2) is 16.6 Å². The van der Waals surface area contributed by atoms with E-state index in [0.717, 1.165) is 0 Å². The highest BCUT2D eigenvalue weighted by molar-refractivity contribution is 7.80. The number of ether oxygens (including phenoxy) is 1. The number of nitro benzene ring substituents is 1. The van der Waals surface area contributed by atoms with Crippen molar-refractivity contribution in [3.63, 3.8) is 0 Å². The number of Topliss-reactive ketones (excluding diaryl/α,β-unsaturated/α-hetero) is 1. The minimum atomic E-state index is -0.717. The van der Waals surface area contributed by atoms with Crippen LogP contribution in [0.25, 0.3) is 0 Å². The second-order valence-corrected chi connectivity index (χ2v) is 5.38. The van der Waals surface area contributed by atoms with E-state index in [4.69, 9.17) is 17.0 Å². The van der Waals surface area contributed by atoms with Gasteiger partial charge in [-0.25, -0.2) is 0 Å². The molecule has 2 rings (SSSR count). The van der Waals surface area contributed by atoms with E-state index in [1.54, 1.807) is 6.92 Å². The van der Waals surface area contributed by atoms with Crippen LogP contribution in [0.5, 0.6) is 11.5 Å². The molecule has 1 unspecified atom stereocenters. The third-order valence-electron chi connectivity index (χ3n) is 3.48. The first kappa shape index (κ1) is 16.7.